The largest absolute Gasteiger partial charge is 0.497 e. The lowest BCUT2D eigenvalue weighted by Crippen LogP contribution is -2.42. The van der Waals surface area contributed by atoms with Gasteiger partial charge in [0, 0.05) is 29.9 Å². The van der Waals surface area contributed by atoms with Crippen LogP contribution >= 0.6 is 0 Å². The number of hydrogen-bond donors (Lipinski definition) is 5. The average molecular weight is 555 g/mol. The summed E-state index contributed by atoms with van der Waals surface area (Å²) in [7, 11) is 1.69. The molecule has 218 valence electrons. The van der Waals surface area contributed by atoms with Gasteiger partial charge >= 0.3 is 18.0 Å². The van der Waals surface area contributed by atoms with Gasteiger partial charge in [0.05, 0.1) is 18.3 Å². The van der Waals surface area contributed by atoms with Gasteiger partial charge in [-0.2, -0.15) is 0 Å². The number of likely N-dealkylation sites (tertiary alicyclic amines) is 1. The molecule has 2 atom stereocenters. The van der Waals surface area contributed by atoms with E-state index in [1.165, 1.54) is 5.56 Å². The number of benzene rings is 1. The highest BCUT2D eigenvalue weighted by Crippen LogP contribution is 2.43. The lowest BCUT2D eigenvalue weighted by atomic mass is 9.76. The summed E-state index contributed by atoms with van der Waals surface area (Å²) in [6, 6.07) is 7.97. The van der Waals surface area contributed by atoms with Crippen LogP contribution in [0.2, 0.25) is 0 Å². The summed E-state index contributed by atoms with van der Waals surface area (Å²) in [5.41, 5.74) is 2.48. The quantitative estimate of drug-likeness (QED) is 0.276. The van der Waals surface area contributed by atoms with Gasteiger partial charge in [-0.05, 0) is 102 Å². The minimum atomic E-state index is -1.11. The van der Waals surface area contributed by atoms with Crippen molar-refractivity contribution in [2.75, 3.05) is 33.3 Å². The van der Waals surface area contributed by atoms with Crippen molar-refractivity contribution in [2.45, 2.75) is 64.3 Å². The van der Waals surface area contributed by atoms with Gasteiger partial charge in [-0.3, -0.25) is 0 Å². The Morgan fingerprint density at radius 2 is 1.70 bits per heavy atom. The molecule has 1 saturated heterocycles. The summed E-state index contributed by atoms with van der Waals surface area (Å²) in [5, 5.41) is 28.5. The molecular weight excluding hydrogens is 512 g/mol. The van der Waals surface area contributed by atoms with Gasteiger partial charge in [0.15, 0.2) is 0 Å². The van der Waals surface area contributed by atoms with Gasteiger partial charge in [-0.25, -0.2) is 14.4 Å². The van der Waals surface area contributed by atoms with Gasteiger partial charge in [0.25, 0.3) is 0 Å². The van der Waals surface area contributed by atoms with Crippen LogP contribution in [0.5, 0.6) is 5.75 Å². The van der Waals surface area contributed by atoms with Gasteiger partial charge < -0.3 is 35.8 Å². The van der Waals surface area contributed by atoms with Crippen molar-refractivity contribution < 1.29 is 29.3 Å². The van der Waals surface area contributed by atoms with E-state index in [-0.39, 0.29) is 29.1 Å². The van der Waals surface area contributed by atoms with E-state index < -0.39 is 17.9 Å². The normalized spacial score (nSPS) is 22.7. The predicted molar refractivity (Wildman–Crippen MR) is 151 cm³/mol. The van der Waals surface area contributed by atoms with Crippen LogP contribution in [-0.2, 0) is 9.59 Å². The van der Waals surface area contributed by atoms with Gasteiger partial charge in [0.2, 0.25) is 0 Å². The number of carboxylic acid groups (broad SMARTS) is 2. The molecule has 0 aromatic heterocycles. The highest BCUT2D eigenvalue weighted by molar-refractivity contribution is 5.96. The van der Waals surface area contributed by atoms with E-state index in [1.807, 2.05) is 12.1 Å². The molecule has 1 aromatic rings. The first-order valence-electron chi connectivity index (χ1n) is 14.2. The Labute approximate surface area is 235 Å². The Bertz CT molecular complexity index is 1130. The Kier molecular flexibility index (Phi) is 9.73. The molecule has 4 rings (SSSR count). The van der Waals surface area contributed by atoms with E-state index in [9.17, 15) is 24.6 Å². The lowest BCUT2D eigenvalue weighted by molar-refractivity contribution is -0.134. The number of nitrogens with zero attached hydrogens (tertiary/aromatic N) is 1. The smallest absolute Gasteiger partial charge is 0.333 e. The number of hydrogen-bond acceptors (Lipinski definition) is 6. The molecule has 2 fully saturated rings. The summed E-state index contributed by atoms with van der Waals surface area (Å²) >= 11 is 0. The molecule has 0 unspecified atom stereocenters. The number of carbonyl (C=O) groups excluding carboxylic acids is 1. The van der Waals surface area contributed by atoms with E-state index in [1.54, 1.807) is 21.0 Å². The standard InChI is InChI=1S/C30H42N4O6/c1-18-25(28(35)36)27(26(29(37)38)19(2)32-18)22-8-9-23(16-22)33-30(39)31-12-5-13-34-14-10-20(11-15-34)21-6-4-7-24(17-21)40-3/h4,6-7,17,20,22-23,27,32H,5,8-16H2,1-3H3,(H,35,36)(H,37,38)(H2,31,33,39)/t22-,23+/m1/s1. The zero-order valence-electron chi connectivity index (χ0n) is 23.7. The number of allylic oxidation sites excluding steroid dienone is 2. The molecule has 0 bridgehead atoms. The number of rotatable bonds is 10. The molecule has 2 amide bonds. The second-order valence-electron chi connectivity index (χ2n) is 11.2. The van der Waals surface area contributed by atoms with Crippen LogP contribution < -0.4 is 20.7 Å². The zero-order chi connectivity index (χ0) is 28.8. The third-order valence-corrected chi connectivity index (χ3v) is 8.64. The summed E-state index contributed by atoms with van der Waals surface area (Å²) in [6.45, 7) is 6.90. The fraction of sp³-hybridized carbons (Fsp3) is 0.567. The first-order valence-corrected chi connectivity index (χ1v) is 14.2. The fourth-order valence-corrected chi connectivity index (χ4v) is 6.66. The van der Waals surface area contributed by atoms with Crippen LogP contribution in [0.4, 0.5) is 4.79 Å². The summed E-state index contributed by atoms with van der Waals surface area (Å²) in [5.74, 6) is -1.65. The van der Waals surface area contributed by atoms with E-state index in [4.69, 9.17) is 4.74 Å². The Balaban J connectivity index is 1.19. The molecule has 2 heterocycles. The second-order valence-corrected chi connectivity index (χ2v) is 11.2. The van der Waals surface area contributed by atoms with E-state index in [0.29, 0.717) is 43.1 Å². The first-order chi connectivity index (χ1) is 19.2. The molecule has 0 radical (unpaired) electrons. The van der Waals surface area contributed by atoms with Gasteiger partial charge in [0.1, 0.15) is 5.75 Å². The number of nitrogens with one attached hydrogen (secondary N) is 3. The zero-order valence-corrected chi connectivity index (χ0v) is 23.7. The van der Waals surface area contributed by atoms with Crippen molar-refractivity contribution in [1.82, 2.24) is 20.9 Å². The molecule has 5 N–H and O–H groups in total. The molecule has 10 heteroatoms. The molecule has 40 heavy (non-hydrogen) atoms. The highest BCUT2D eigenvalue weighted by atomic mass is 16.5. The number of dihydropyridines is 1. The lowest BCUT2D eigenvalue weighted by Gasteiger charge is -2.32. The third-order valence-electron chi connectivity index (χ3n) is 8.64. The minimum Gasteiger partial charge on any atom is -0.497 e. The Morgan fingerprint density at radius 3 is 2.33 bits per heavy atom. The Hall–Kier alpha value is -3.53. The summed E-state index contributed by atoms with van der Waals surface area (Å²) in [6.07, 6.45) is 4.94. The van der Waals surface area contributed by atoms with Crippen LogP contribution in [0, 0.1) is 11.8 Å². The number of piperidine rings is 1. The molecule has 1 aliphatic carbocycles. The summed E-state index contributed by atoms with van der Waals surface area (Å²) < 4.78 is 5.36. The predicted octanol–water partition coefficient (Wildman–Crippen LogP) is 3.67. The third kappa shape index (κ3) is 6.96. The minimum absolute atomic E-state index is 0.102. The van der Waals surface area contributed by atoms with Crippen LogP contribution in [0.15, 0.2) is 46.8 Å². The molecular formula is C30H42N4O6. The van der Waals surface area contributed by atoms with Gasteiger partial charge in [-0.1, -0.05) is 12.1 Å². The topological polar surface area (TPSA) is 140 Å². The highest BCUT2D eigenvalue weighted by Gasteiger charge is 2.43. The maximum absolute atomic E-state index is 12.6. The van der Waals surface area contributed by atoms with Crippen LogP contribution in [0.1, 0.15) is 63.9 Å². The van der Waals surface area contributed by atoms with Crippen LogP contribution in [-0.4, -0.2) is 72.4 Å². The molecule has 1 saturated carbocycles. The van der Waals surface area contributed by atoms with Gasteiger partial charge in [-0.15, -0.1) is 0 Å². The number of amides is 2. The number of urea groups is 1. The first kappa shape index (κ1) is 29.5. The molecule has 3 aliphatic rings. The van der Waals surface area contributed by atoms with Crippen LogP contribution in [0.3, 0.4) is 0 Å². The number of carbonyl (C=O) groups is 3. The van der Waals surface area contributed by atoms with Crippen molar-refractivity contribution in [3.05, 3.63) is 52.4 Å². The van der Waals surface area contributed by atoms with E-state index >= 15 is 0 Å². The number of ether oxygens (including phenoxy) is 1. The Morgan fingerprint density at radius 1 is 1.02 bits per heavy atom. The molecule has 1 aromatic carbocycles. The van der Waals surface area contributed by atoms with E-state index in [0.717, 1.165) is 44.6 Å². The van der Waals surface area contributed by atoms with Crippen molar-refractivity contribution >= 4 is 18.0 Å². The molecule has 2 aliphatic heterocycles. The SMILES string of the molecule is COc1cccc(C2CCN(CCCNC(=O)N[C@H]3CC[C@@H](C4C(C(=O)O)=C(C)NC(C)=C4C(=O)O)C3)CC2)c1. The summed E-state index contributed by atoms with van der Waals surface area (Å²) in [4.78, 5) is 39.1. The maximum Gasteiger partial charge on any atom is 0.333 e. The van der Waals surface area contributed by atoms with Crippen molar-refractivity contribution in [2.24, 2.45) is 11.8 Å². The van der Waals surface area contributed by atoms with E-state index in [2.05, 4.69) is 33.0 Å². The number of carboxylic acids is 2. The van der Waals surface area contributed by atoms with Crippen molar-refractivity contribution in [3.63, 3.8) is 0 Å². The molecule has 10 nitrogen and oxygen atoms in total. The number of aliphatic carboxylic acids is 2. The number of methoxy groups -OCH3 is 1. The monoisotopic (exact) mass is 554 g/mol. The fourth-order valence-electron chi connectivity index (χ4n) is 6.66. The van der Waals surface area contributed by atoms with Crippen molar-refractivity contribution in [3.8, 4) is 5.75 Å². The maximum atomic E-state index is 12.6. The average Bonchev–Trinajstić information content (AvgIpc) is 3.38. The molecule has 0 spiro atoms. The van der Waals surface area contributed by atoms with Crippen molar-refractivity contribution in [1.29, 1.82) is 0 Å². The second kappa shape index (κ2) is 13.2. The van der Waals surface area contributed by atoms with Crippen LogP contribution in [0.25, 0.3) is 0 Å².